The highest BCUT2D eigenvalue weighted by atomic mass is 32.1. The van der Waals surface area contributed by atoms with E-state index in [2.05, 4.69) is 9.98 Å². The Hall–Kier alpha value is -3.38. The molecule has 1 aromatic heterocycles. The summed E-state index contributed by atoms with van der Waals surface area (Å²) in [6.45, 7) is 2.04. The number of allylic oxidation sites excluding steroid dienone is 1. The second-order valence-electron chi connectivity index (χ2n) is 8.21. The Balaban J connectivity index is 1.39. The maximum absolute atomic E-state index is 13.0. The van der Waals surface area contributed by atoms with E-state index in [9.17, 15) is 9.59 Å². The van der Waals surface area contributed by atoms with Gasteiger partial charge in [-0.2, -0.15) is 0 Å². The molecular weight excluding hydrogens is 420 g/mol. The molecule has 1 saturated carbocycles. The third-order valence-corrected chi connectivity index (χ3v) is 6.96. The molecule has 0 spiro atoms. The molecule has 1 amide bonds. The first-order chi connectivity index (χ1) is 15.5. The van der Waals surface area contributed by atoms with E-state index in [1.807, 2.05) is 60.8 Å². The van der Waals surface area contributed by atoms with Crippen LogP contribution in [-0.2, 0) is 9.59 Å². The highest BCUT2D eigenvalue weighted by Gasteiger charge is 2.37. The molecule has 1 fully saturated rings. The molecule has 5 rings (SSSR count). The van der Waals surface area contributed by atoms with Gasteiger partial charge in [0.1, 0.15) is 16.5 Å². The lowest BCUT2D eigenvalue weighted by atomic mass is 9.75. The summed E-state index contributed by atoms with van der Waals surface area (Å²) in [4.78, 5) is 34.9. The molecule has 2 aliphatic rings. The van der Waals surface area contributed by atoms with E-state index in [0.717, 1.165) is 22.6 Å². The van der Waals surface area contributed by atoms with Crippen LogP contribution in [0.1, 0.15) is 34.9 Å². The van der Waals surface area contributed by atoms with Crippen molar-refractivity contribution in [1.29, 1.82) is 0 Å². The molecule has 2 aromatic carbocycles. The Morgan fingerprint density at radius 2 is 1.75 bits per heavy atom. The number of rotatable bonds is 4. The van der Waals surface area contributed by atoms with E-state index in [-0.39, 0.29) is 17.6 Å². The number of methoxy groups -OCH3 is 1. The lowest BCUT2D eigenvalue weighted by molar-refractivity contribution is -0.120. The smallest absolute Gasteiger partial charge is 0.279 e. The van der Waals surface area contributed by atoms with Crippen molar-refractivity contribution in [1.82, 2.24) is 4.98 Å². The average Bonchev–Trinajstić information content (AvgIpc) is 3.29. The van der Waals surface area contributed by atoms with Gasteiger partial charge in [-0.25, -0.2) is 9.98 Å². The van der Waals surface area contributed by atoms with Crippen molar-refractivity contribution >= 4 is 34.3 Å². The lowest BCUT2D eigenvalue weighted by Gasteiger charge is -2.30. The van der Waals surface area contributed by atoms with Crippen molar-refractivity contribution in [3.05, 3.63) is 76.1 Å². The third kappa shape index (κ3) is 3.82. The zero-order valence-electron chi connectivity index (χ0n) is 17.9. The normalized spacial score (nSPS) is 20.4. The predicted octanol–water partition coefficient (Wildman–Crippen LogP) is 5.25. The van der Waals surface area contributed by atoms with Crippen molar-refractivity contribution in [2.75, 3.05) is 7.11 Å². The largest absolute Gasteiger partial charge is 0.497 e. The number of nitrogens with zero attached hydrogens (tertiary/aromatic N) is 2. The van der Waals surface area contributed by atoms with Gasteiger partial charge in [-0.05, 0) is 37.0 Å². The summed E-state index contributed by atoms with van der Waals surface area (Å²) >= 11 is 1.41. The number of hydrogen-bond donors (Lipinski definition) is 0. The molecule has 3 aromatic rings. The number of aromatic nitrogens is 1. The first-order valence-electron chi connectivity index (χ1n) is 10.5. The van der Waals surface area contributed by atoms with Crippen LogP contribution in [0.4, 0.5) is 0 Å². The molecule has 5 nitrogen and oxygen atoms in total. The van der Waals surface area contributed by atoms with E-state index in [0.29, 0.717) is 29.1 Å². The highest BCUT2D eigenvalue weighted by Crippen LogP contribution is 2.38. The predicted molar refractivity (Wildman–Crippen MR) is 126 cm³/mol. The molecule has 2 atom stereocenters. The van der Waals surface area contributed by atoms with Crippen molar-refractivity contribution in [3.63, 3.8) is 0 Å². The maximum Gasteiger partial charge on any atom is 0.279 e. The molecular formula is C26H22N2O3S. The number of ether oxygens (including phenoxy) is 1. The van der Waals surface area contributed by atoms with Gasteiger partial charge < -0.3 is 4.74 Å². The minimum atomic E-state index is -0.441. The molecule has 2 heterocycles. The van der Waals surface area contributed by atoms with E-state index in [1.54, 1.807) is 13.2 Å². The number of aliphatic imine (C=N–C) groups is 1. The number of amides is 1. The zero-order valence-corrected chi connectivity index (χ0v) is 18.7. The van der Waals surface area contributed by atoms with Crippen LogP contribution < -0.4 is 4.74 Å². The van der Waals surface area contributed by atoms with E-state index in [4.69, 9.17) is 4.74 Å². The molecule has 32 heavy (non-hydrogen) atoms. The first kappa shape index (κ1) is 20.5. The number of hydrogen-bond acceptors (Lipinski definition) is 5. The summed E-state index contributed by atoms with van der Waals surface area (Å²) in [7, 11) is 1.63. The molecule has 0 bridgehead atoms. The van der Waals surface area contributed by atoms with Gasteiger partial charge >= 0.3 is 0 Å². The van der Waals surface area contributed by atoms with Crippen LogP contribution in [0.25, 0.3) is 16.8 Å². The van der Waals surface area contributed by atoms with Crippen LogP contribution in [0, 0.1) is 12.8 Å². The third-order valence-electron chi connectivity index (χ3n) is 6.09. The summed E-state index contributed by atoms with van der Waals surface area (Å²) in [6, 6.07) is 15.9. The lowest BCUT2D eigenvalue weighted by Crippen LogP contribution is -2.34. The summed E-state index contributed by atoms with van der Waals surface area (Å²) < 4.78 is 5.22. The van der Waals surface area contributed by atoms with E-state index in [1.165, 1.54) is 16.9 Å². The monoisotopic (exact) mass is 442 g/mol. The zero-order chi connectivity index (χ0) is 22.2. The number of thiazole rings is 1. The first-order valence-corrected chi connectivity index (χ1v) is 11.4. The van der Waals surface area contributed by atoms with Gasteiger partial charge in [0.25, 0.3) is 5.91 Å². The molecule has 1 aliphatic carbocycles. The quantitative estimate of drug-likeness (QED) is 0.553. The highest BCUT2D eigenvalue weighted by molar-refractivity contribution is 7.11. The molecule has 1 aliphatic heterocycles. The van der Waals surface area contributed by atoms with Crippen LogP contribution in [0.3, 0.4) is 0 Å². The van der Waals surface area contributed by atoms with Crippen molar-refractivity contribution in [2.45, 2.75) is 25.7 Å². The number of ketones is 1. The summed E-state index contributed by atoms with van der Waals surface area (Å²) in [5.41, 5.74) is 5.15. The van der Waals surface area contributed by atoms with Crippen LogP contribution >= 0.6 is 11.3 Å². The van der Waals surface area contributed by atoms with Gasteiger partial charge in [-0.15, -0.1) is 11.3 Å². The SMILES string of the molecule is COc1ccc(C2CC(=O)C3C=C(c4nc(-c5ccc(C)cc5)cs4)C(=O)N=C3C2)cc1. The number of dihydropyridines is 1. The standard InChI is InChI=1S/C26H22N2O3S/c1-15-3-5-17(6-4-15)23-14-32-26(28-23)21-13-20-22(27-25(21)30)11-18(12-24(20)29)16-7-9-19(31-2)10-8-16/h3-10,13-14,18,20H,11-12H2,1-2H3. The van der Waals surface area contributed by atoms with Gasteiger partial charge in [0.05, 0.1) is 24.3 Å². The fourth-order valence-corrected chi connectivity index (χ4v) is 5.11. The summed E-state index contributed by atoms with van der Waals surface area (Å²) in [5.74, 6) is 0.142. The Labute approximate surface area is 190 Å². The van der Waals surface area contributed by atoms with Gasteiger partial charge in [-0.1, -0.05) is 48.0 Å². The minimum Gasteiger partial charge on any atom is -0.497 e. The number of benzene rings is 2. The average molecular weight is 443 g/mol. The molecule has 6 heteroatoms. The molecule has 2 unspecified atom stereocenters. The topological polar surface area (TPSA) is 68.6 Å². The number of aryl methyl sites for hydroxylation is 1. The number of Topliss-reactive ketones (excluding diaryl/α,β-unsaturated/α-hetero) is 1. The second-order valence-corrected chi connectivity index (χ2v) is 9.07. The fourth-order valence-electron chi connectivity index (χ4n) is 4.27. The Bertz CT molecular complexity index is 1250. The van der Waals surface area contributed by atoms with Gasteiger partial charge in [0, 0.05) is 23.1 Å². The van der Waals surface area contributed by atoms with Gasteiger partial charge in [-0.3, -0.25) is 9.59 Å². The fraction of sp³-hybridized carbons (Fsp3) is 0.231. The summed E-state index contributed by atoms with van der Waals surface area (Å²) in [5, 5.41) is 2.55. The summed E-state index contributed by atoms with van der Waals surface area (Å²) in [6.07, 6.45) is 2.81. The Kier molecular flexibility index (Phi) is 5.31. The van der Waals surface area contributed by atoms with Crippen LogP contribution in [-0.4, -0.2) is 29.5 Å². The van der Waals surface area contributed by atoms with Crippen molar-refractivity contribution < 1.29 is 14.3 Å². The van der Waals surface area contributed by atoms with Crippen LogP contribution in [0.2, 0.25) is 0 Å². The second kappa shape index (κ2) is 8.28. The molecule has 0 radical (unpaired) electrons. The number of fused-ring (bicyclic) bond motifs is 1. The van der Waals surface area contributed by atoms with Crippen LogP contribution in [0.5, 0.6) is 5.75 Å². The van der Waals surface area contributed by atoms with Crippen molar-refractivity contribution in [3.8, 4) is 17.0 Å². The molecule has 0 N–H and O–H groups in total. The van der Waals surface area contributed by atoms with E-state index >= 15 is 0 Å². The number of carbonyl (C=O) groups excluding carboxylic acids is 2. The maximum atomic E-state index is 13.0. The van der Waals surface area contributed by atoms with Gasteiger partial charge in [0.2, 0.25) is 0 Å². The van der Waals surface area contributed by atoms with Crippen molar-refractivity contribution in [2.24, 2.45) is 10.9 Å². The Morgan fingerprint density at radius 1 is 1.00 bits per heavy atom. The van der Waals surface area contributed by atoms with Crippen LogP contribution in [0.15, 0.2) is 65.0 Å². The minimum absolute atomic E-state index is 0.0270. The van der Waals surface area contributed by atoms with E-state index < -0.39 is 5.92 Å². The Morgan fingerprint density at radius 3 is 2.47 bits per heavy atom. The molecule has 0 saturated heterocycles. The number of carbonyl (C=O) groups is 2. The molecule has 160 valence electrons. The van der Waals surface area contributed by atoms with Gasteiger partial charge in [0.15, 0.2) is 0 Å².